The number of ether oxygens (including phenoxy) is 1. The van der Waals surface area contributed by atoms with Crippen molar-refractivity contribution in [3.05, 3.63) is 65.2 Å². The Hall–Kier alpha value is -3.61. The molecule has 4 N–H and O–H groups in total. The Bertz CT molecular complexity index is 875. The minimum Gasteiger partial charge on any atom is -0.463 e. The maximum absolute atomic E-state index is 12.5. The fourth-order valence-electron chi connectivity index (χ4n) is 2.34. The molecule has 0 bridgehead atoms. The summed E-state index contributed by atoms with van der Waals surface area (Å²) in [6, 6.07) is 12.5. The van der Waals surface area contributed by atoms with Crippen LogP contribution in [0.2, 0.25) is 0 Å². The topological polar surface area (TPSA) is 106 Å². The zero-order chi connectivity index (χ0) is 19.6. The van der Waals surface area contributed by atoms with Crippen molar-refractivity contribution in [1.29, 1.82) is 0 Å². The molecule has 2 rings (SSSR count). The molecule has 2 aromatic carbocycles. The smallest absolute Gasteiger partial charge is 0.330 e. The van der Waals surface area contributed by atoms with E-state index in [0.29, 0.717) is 23.5 Å². The van der Waals surface area contributed by atoms with Gasteiger partial charge in [0.1, 0.15) is 6.34 Å². The average Bonchev–Trinajstić information content (AvgIpc) is 2.67. The fourth-order valence-corrected chi connectivity index (χ4v) is 2.34. The van der Waals surface area contributed by atoms with Crippen molar-refractivity contribution in [3.8, 4) is 0 Å². The summed E-state index contributed by atoms with van der Waals surface area (Å²) in [7, 11) is 0. The molecule has 0 heterocycles. The van der Waals surface area contributed by atoms with E-state index in [4.69, 9.17) is 10.6 Å². The number of esters is 1. The maximum Gasteiger partial charge on any atom is 0.330 e. The molecule has 0 saturated heterocycles. The summed E-state index contributed by atoms with van der Waals surface area (Å²) in [4.78, 5) is 23.9. The van der Waals surface area contributed by atoms with Gasteiger partial charge in [0, 0.05) is 23.0 Å². The van der Waals surface area contributed by atoms with Crippen molar-refractivity contribution in [2.24, 2.45) is 10.9 Å². The van der Waals surface area contributed by atoms with E-state index >= 15 is 0 Å². The lowest BCUT2D eigenvalue weighted by Crippen LogP contribution is -2.13. The number of nitrogens with two attached hydrogens (primary N) is 1. The average molecular weight is 366 g/mol. The molecule has 0 radical (unpaired) electrons. The molecule has 140 valence electrons. The quantitative estimate of drug-likeness (QED) is 0.174. The van der Waals surface area contributed by atoms with E-state index in [-0.39, 0.29) is 11.9 Å². The second-order valence-electron chi connectivity index (χ2n) is 5.62. The lowest BCUT2D eigenvalue weighted by Gasteiger charge is -2.10. The molecule has 7 heteroatoms. The van der Waals surface area contributed by atoms with Gasteiger partial charge in [-0.1, -0.05) is 12.1 Å². The van der Waals surface area contributed by atoms with E-state index in [1.165, 1.54) is 12.4 Å². The Kier molecular flexibility index (Phi) is 7.13. The Morgan fingerprint density at radius 2 is 2.04 bits per heavy atom. The van der Waals surface area contributed by atoms with Crippen LogP contribution in [0, 0.1) is 6.92 Å². The Morgan fingerprint density at radius 3 is 2.74 bits per heavy atom. The molecule has 0 aliphatic heterocycles. The van der Waals surface area contributed by atoms with Crippen molar-refractivity contribution in [3.63, 3.8) is 0 Å². The van der Waals surface area contributed by atoms with E-state index in [1.54, 1.807) is 43.3 Å². The summed E-state index contributed by atoms with van der Waals surface area (Å²) in [6.07, 6.45) is 4.38. The minimum absolute atomic E-state index is 0.235. The molecule has 2 aromatic rings. The van der Waals surface area contributed by atoms with Crippen LogP contribution in [0.25, 0.3) is 6.08 Å². The number of anilines is 2. The highest BCUT2D eigenvalue weighted by Crippen LogP contribution is 2.19. The maximum atomic E-state index is 12.5. The van der Waals surface area contributed by atoms with Gasteiger partial charge in [0.25, 0.3) is 5.91 Å². The molecule has 1 amide bonds. The first-order chi connectivity index (χ1) is 13.0. The number of hydrogen-bond donors (Lipinski definition) is 3. The molecule has 0 aromatic heterocycles. The van der Waals surface area contributed by atoms with Crippen LogP contribution in [0.1, 0.15) is 28.4 Å². The second-order valence-corrected chi connectivity index (χ2v) is 5.62. The number of carbonyl (C=O) groups excluding carboxylic acids is 2. The number of aryl methyl sites for hydroxylation is 1. The summed E-state index contributed by atoms with van der Waals surface area (Å²) in [5.41, 5.74) is 3.60. The SMILES string of the molecule is CCOC(=O)C=Cc1ccc(NC(=O)c2cccc(NC=NN)c2)c(C)c1. The number of hydrogen-bond acceptors (Lipinski definition) is 5. The van der Waals surface area contributed by atoms with Crippen molar-refractivity contribution in [2.75, 3.05) is 17.2 Å². The number of hydrazone groups is 1. The number of nitrogens with one attached hydrogen (secondary N) is 2. The van der Waals surface area contributed by atoms with Gasteiger partial charge in [-0.2, -0.15) is 5.10 Å². The predicted molar refractivity (Wildman–Crippen MR) is 108 cm³/mol. The minimum atomic E-state index is -0.388. The first-order valence-electron chi connectivity index (χ1n) is 8.38. The van der Waals surface area contributed by atoms with Crippen molar-refractivity contribution in [2.45, 2.75) is 13.8 Å². The number of nitrogens with zero attached hydrogens (tertiary/aromatic N) is 1. The number of carbonyl (C=O) groups is 2. The molecule has 0 spiro atoms. The van der Waals surface area contributed by atoms with E-state index in [0.717, 1.165) is 11.1 Å². The molecule has 0 aliphatic rings. The molecule has 0 saturated carbocycles. The summed E-state index contributed by atoms with van der Waals surface area (Å²) >= 11 is 0. The van der Waals surface area contributed by atoms with Gasteiger partial charge in [-0.05, 0) is 61.4 Å². The van der Waals surface area contributed by atoms with Crippen LogP contribution < -0.4 is 16.5 Å². The van der Waals surface area contributed by atoms with Gasteiger partial charge < -0.3 is 21.2 Å². The lowest BCUT2D eigenvalue weighted by atomic mass is 10.1. The molecule has 0 aliphatic carbocycles. The molecular weight excluding hydrogens is 344 g/mol. The standard InChI is InChI=1S/C20H22N4O3/c1-3-27-19(25)10-8-15-7-9-18(14(2)11-15)24-20(26)16-5-4-6-17(12-16)22-13-23-21/h4-13H,3,21H2,1-2H3,(H,22,23)(H,24,26). The van der Waals surface area contributed by atoms with Crippen molar-refractivity contribution in [1.82, 2.24) is 0 Å². The fraction of sp³-hybridized carbons (Fsp3) is 0.150. The van der Waals surface area contributed by atoms with Gasteiger partial charge in [0.2, 0.25) is 0 Å². The monoisotopic (exact) mass is 366 g/mol. The number of rotatable bonds is 7. The first-order valence-corrected chi connectivity index (χ1v) is 8.38. The number of amides is 1. The highest BCUT2D eigenvalue weighted by Gasteiger charge is 2.08. The van der Waals surface area contributed by atoms with Crippen LogP contribution in [-0.2, 0) is 9.53 Å². The Labute approximate surface area is 157 Å². The van der Waals surface area contributed by atoms with Gasteiger partial charge in [0.15, 0.2) is 0 Å². The predicted octanol–water partition coefficient (Wildman–Crippen LogP) is 3.14. The number of benzene rings is 2. The first kappa shape index (κ1) is 19.7. The van der Waals surface area contributed by atoms with Crippen LogP contribution in [0.3, 0.4) is 0 Å². The highest BCUT2D eigenvalue weighted by molar-refractivity contribution is 6.05. The van der Waals surface area contributed by atoms with Crippen LogP contribution in [0.5, 0.6) is 0 Å². The summed E-state index contributed by atoms with van der Waals surface area (Å²) in [5.74, 6) is 4.43. The summed E-state index contributed by atoms with van der Waals surface area (Å²) in [5, 5.41) is 9.10. The van der Waals surface area contributed by atoms with Crippen LogP contribution in [0.4, 0.5) is 11.4 Å². The third kappa shape index (κ3) is 6.00. The Morgan fingerprint density at radius 1 is 1.22 bits per heavy atom. The van der Waals surface area contributed by atoms with Crippen molar-refractivity contribution < 1.29 is 14.3 Å². The van der Waals surface area contributed by atoms with E-state index in [9.17, 15) is 9.59 Å². The molecule has 27 heavy (non-hydrogen) atoms. The molecule has 0 atom stereocenters. The largest absolute Gasteiger partial charge is 0.463 e. The van der Waals surface area contributed by atoms with Gasteiger partial charge in [-0.3, -0.25) is 4.79 Å². The lowest BCUT2D eigenvalue weighted by molar-refractivity contribution is -0.137. The molecular formula is C20H22N4O3. The van der Waals surface area contributed by atoms with E-state index in [2.05, 4.69) is 15.7 Å². The molecule has 0 unspecified atom stereocenters. The Balaban J connectivity index is 2.09. The third-order valence-electron chi connectivity index (χ3n) is 3.63. The molecule has 0 fully saturated rings. The summed E-state index contributed by atoms with van der Waals surface area (Å²) < 4.78 is 4.85. The zero-order valence-corrected chi connectivity index (χ0v) is 15.2. The van der Waals surface area contributed by atoms with E-state index in [1.807, 2.05) is 19.1 Å². The summed E-state index contributed by atoms with van der Waals surface area (Å²) in [6.45, 7) is 3.97. The van der Waals surface area contributed by atoms with Gasteiger partial charge in [0.05, 0.1) is 6.61 Å². The van der Waals surface area contributed by atoms with Crippen LogP contribution in [-0.4, -0.2) is 24.8 Å². The normalized spacial score (nSPS) is 10.9. The molecule has 7 nitrogen and oxygen atoms in total. The second kappa shape index (κ2) is 9.76. The van der Waals surface area contributed by atoms with Crippen molar-refractivity contribution >= 4 is 35.7 Å². The van der Waals surface area contributed by atoms with Crippen LogP contribution in [0.15, 0.2) is 53.6 Å². The third-order valence-corrected chi connectivity index (χ3v) is 3.63. The zero-order valence-electron chi connectivity index (χ0n) is 15.2. The highest BCUT2D eigenvalue weighted by atomic mass is 16.5. The van der Waals surface area contributed by atoms with Gasteiger partial charge in [-0.25, -0.2) is 4.79 Å². The van der Waals surface area contributed by atoms with Gasteiger partial charge >= 0.3 is 5.97 Å². The van der Waals surface area contributed by atoms with Gasteiger partial charge in [-0.15, -0.1) is 0 Å². The van der Waals surface area contributed by atoms with Crippen LogP contribution >= 0.6 is 0 Å². The van der Waals surface area contributed by atoms with E-state index < -0.39 is 0 Å².